The predicted molar refractivity (Wildman–Crippen MR) is 247 cm³/mol. The number of hydrogen-bond acceptors (Lipinski definition) is 14. The van der Waals surface area contributed by atoms with Crippen LogP contribution < -0.4 is 4.90 Å². The minimum absolute atomic E-state index is 0.105. The van der Waals surface area contributed by atoms with Crippen molar-refractivity contribution in [3.8, 4) is 11.1 Å². The van der Waals surface area contributed by atoms with Crippen molar-refractivity contribution < 1.29 is 76.4 Å². The van der Waals surface area contributed by atoms with Gasteiger partial charge in [-0.3, -0.25) is 4.79 Å². The monoisotopic (exact) mass is 985 g/mol. The number of rotatable bonds is 16. The molecule has 19 heteroatoms. The van der Waals surface area contributed by atoms with E-state index in [0.29, 0.717) is 24.1 Å². The number of anilines is 1. The van der Waals surface area contributed by atoms with Crippen LogP contribution in [-0.4, -0.2) is 139 Å². The van der Waals surface area contributed by atoms with Gasteiger partial charge in [-0.25, -0.2) is 17.2 Å². The van der Waals surface area contributed by atoms with Crippen LogP contribution in [0.5, 0.6) is 0 Å². The van der Waals surface area contributed by atoms with Gasteiger partial charge in [-0.15, -0.1) is 0 Å². The van der Waals surface area contributed by atoms with Crippen LogP contribution in [0, 0.1) is 17.6 Å². The van der Waals surface area contributed by atoms with Crippen molar-refractivity contribution in [3.05, 3.63) is 120 Å². The number of aliphatic hydroxyl groups excluding tert-OH is 7. The van der Waals surface area contributed by atoms with Gasteiger partial charge in [0.05, 0.1) is 41.9 Å². The second-order valence-electron chi connectivity index (χ2n) is 19.3. The van der Waals surface area contributed by atoms with Gasteiger partial charge in [0.1, 0.15) is 66.6 Å². The van der Waals surface area contributed by atoms with Crippen LogP contribution in [-0.2, 0) is 33.3 Å². The number of aliphatic hydroxyl groups is 7. The van der Waals surface area contributed by atoms with Crippen LogP contribution in [0.1, 0.15) is 56.9 Å². The molecule has 4 unspecified atom stereocenters. The van der Waals surface area contributed by atoms with Crippen molar-refractivity contribution in [2.24, 2.45) is 5.92 Å². The topological polar surface area (TPSA) is 233 Å². The fourth-order valence-electron chi connectivity index (χ4n) is 8.78. The normalized spacial score (nSPS) is 29.7. The summed E-state index contributed by atoms with van der Waals surface area (Å²) in [4.78, 5) is 15.6. The lowest BCUT2D eigenvalue weighted by Crippen LogP contribution is -2.65. The number of nitrogens with zero attached hydrogens (tertiary/aromatic N) is 1. The molecule has 370 valence electrons. The molecular formula is C49H61F2NO14SSi. The lowest BCUT2D eigenvalue weighted by molar-refractivity contribution is -0.341. The van der Waals surface area contributed by atoms with Crippen LogP contribution in [0.2, 0.25) is 18.1 Å². The van der Waals surface area contributed by atoms with E-state index in [1.165, 1.54) is 36.4 Å². The van der Waals surface area contributed by atoms with Crippen molar-refractivity contribution in [1.29, 1.82) is 0 Å². The Kier molecular flexibility index (Phi) is 15.8. The summed E-state index contributed by atoms with van der Waals surface area (Å²) in [5.74, 6) is -2.18. The first-order chi connectivity index (χ1) is 32.0. The van der Waals surface area contributed by atoms with Crippen molar-refractivity contribution in [2.75, 3.05) is 23.9 Å². The molecular weight excluding hydrogens is 925 g/mol. The van der Waals surface area contributed by atoms with Gasteiger partial charge in [0.25, 0.3) is 0 Å². The molecule has 0 radical (unpaired) electrons. The third-order valence-electron chi connectivity index (χ3n) is 13.8. The first-order valence-electron chi connectivity index (χ1n) is 22.6. The third-order valence-corrected chi connectivity index (χ3v) is 20.1. The van der Waals surface area contributed by atoms with E-state index in [9.17, 15) is 57.7 Å². The highest BCUT2D eigenvalue weighted by atomic mass is 32.2. The zero-order valence-corrected chi connectivity index (χ0v) is 40.2. The van der Waals surface area contributed by atoms with Crippen LogP contribution in [0.3, 0.4) is 0 Å². The predicted octanol–water partition coefficient (Wildman–Crippen LogP) is 4.32. The summed E-state index contributed by atoms with van der Waals surface area (Å²) in [5, 5.41) is 72.2. The lowest BCUT2D eigenvalue weighted by Gasteiger charge is -2.48. The number of halogens is 2. The number of amides is 1. The molecule has 15 nitrogen and oxygen atoms in total. The maximum absolute atomic E-state index is 14.0. The molecule has 3 aliphatic rings. The number of carbonyl (C=O) groups is 1. The maximum atomic E-state index is 14.0. The highest BCUT2D eigenvalue weighted by Gasteiger charge is 2.52. The van der Waals surface area contributed by atoms with Gasteiger partial charge in [0, 0.05) is 5.69 Å². The molecule has 3 saturated heterocycles. The SMILES string of the molecule is CC(C)(C)[Si](C)(C)O[C@@H](CC[C@H]1C(=O)N(c2ccc(F)cc2)[C@@H]1c1ccc(-c2ccc(S(=O)(=O)CC3OC(CO)[C@@H](OC4OC(CO)[C@@H](O)[C@H](O)[C@@H]4O)[C@H](O)[C@@H]3O)cc2)cc1)c1ccc(F)cc1. The molecule has 3 aliphatic heterocycles. The van der Waals surface area contributed by atoms with Crippen molar-refractivity contribution in [1.82, 2.24) is 0 Å². The smallest absolute Gasteiger partial charge is 0.233 e. The van der Waals surface area contributed by atoms with Crippen LogP contribution >= 0.6 is 0 Å². The van der Waals surface area contributed by atoms with Gasteiger partial charge in [-0.2, -0.15) is 0 Å². The number of ether oxygens (including phenoxy) is 3. The summed E-state index contributed by atoms with van der Waals surface area (Å²) in [5.41, 5.74) is 3.58. The van der Waals surface area contributed by atoms with Gasteiger partial charge in [-0.1, -0.05) is 69.3 Å². The van der Waals surface area contributed by atoms with E-state index in [1.807, 2.05) is 24.3 Å². The zero-order valence-electron chi connectivity index (χ0n) is 38.4. The lowest BCUT2D eigenvalue weighted by atomic mass is 9.78. The van der Waals surface area contributed by atoms with Crippen LogP contribution in [0.4, 0.5) is 14.5 Å². The summed E-state index contributed by atoms with van der Waals surface area (Å²) >= 11 is 0. The van der Waals surface area contributed by atoms with Gasteiger partial charge in [0.15, 0.2) is 24.4 Å². The number of β-lactam (4-membered cyclic amide) rings is 1. The molecule has 0 saturated carbocycles. The summed E-state index contributed by atoms with van der Waals surface area (Å²) in [6.45, 7) is 9.15. The number of hydrogen-bond donors (Lipinski definition) is 7. The molecule has 3 heterocycles. The van der Waals surface area contributed by atoms with Crippen molar-refractivity contribution in [3.63, 3.8) is 0 Å². The Morgan fingerprint density at radius 2 is 1.25 bits per heavy atom. The van der Waals surface area contributed by atoms with Crippen LogP contribution in [0.15, 0.2) is 102 Å². The molecule has 0 aliphatic carbocycles. The third kappa shape index (κ3) is 10.8. The minimum Gasteiger partial charge on any atom is -0.410 e. The Morgan fingerprint density at radius 3 is 1.81 bits per heavy atom. The first kappa shape index (κ1) is 51.8. The molecule has 7 N–H and O–H groups in total. The highest BCUT2D eigenvalue weighted by Crippen LogP contribution is 2.48. The molecule has 4 aromatic rings. The van der Waals surface area contributed by atoms with E-state index in [4.69, 9.17) is 18.6 Å². The van der Waals surface area contributed by atoms with Gasteiger partial charge >= 0.3 is 0 Å². The summed E-state index contributed by atoms with van der Waals surface area (Å²) in [6, 6.07) is 25.1. The van der Waals surface area contributed by atoms with Gasteiger partial charge in [0.2, 0.25) is 5.91 Å². The van der Waals surface area contributed by atoms with E-state index in [0.717, 1.165) is 16.7 Å². The number of carbonyl (C=O) groups excluding carboxylic acids is 1. The Labute approximate surface area is 395 Å². The molecule has 4 aromatic carbocycles. The quantitative estimate of drug-likeness (QED) is 0.0613. The average Bonchev–Trinajstić information content (AvgIpc) is 3.30. The molecule has 1 amide bonds. The van der Waals surface area contributed by atoms with E-state index in [2.05, 4.69) is 33.9 Å². The highest BCUT2D eigenvalue weighted by molar-refractivity contribution is 7.91. The fourth-order valence-corrected chi connectivity index (χ4v) is 11.5. The zero-order chi connectivity index (χ0) is 49.5. The molecule has 0 aromatic heterocycles. The number of sulfone groups is 1. The van der Waals surface area contributed by atoms with E-state index < -0.39 is 116 Å². The molecule has 0 spiro atoms. The van der Waals surface area contributed by atoms with E-state index >= 15 is 0 Å². The molecule has 7 rings (SSSR count). The van der Waals surface area contributed by atoms with Crippen molar-refractivity contribution >= 4 is 29.7 Å². The largest absolute Gasteiger partial charge is 0.410 e. The first-order valence-corrected chi connectivity index (χ1v) is 27.1. The van der Waals surface area contributed by atoms with Crippen molar-refractivity contribution in [2.45, 2.75) is 130 Å². The Bertz CT molecular complexity index is 2440. The second kappa shape index (κ2) is 20.7. The van der Waals surface area contributed by atoms with Gasteiger partial charge in [-0.05, 0) is 102 Å². The Hall–Kier alpha value is -4.06. The molecule has 0 bridgehead atoms. The standard InChI is InChI=1S/C49H61F2NO14SSi/c1-49(2,3)68(4,5)66-36(29-10-14-31(50)15-11-29)23-22-35-40(52(47(35)60)33-18-16-32(51)17-19-33)30-8-6-27(7-9-30)28-12-20-34(21-13-28)67(61,62)26-39-42(56)44(58)46(38(25-54)63-39)65-48-45(59)43(57)41(55)37(24-53)64-48/h6-21,35-46,48,53-59H,22-26H2,1-5H3/t35-,36+,37?,38?,39?,40-,41-,42-,43+,44-,45+,46-,48?/m1/s1. The van der Waals surface area contributed by atoms with E-state index in [-0.39, 0.29) is 27.8 Å². The van der Waals surface area contributed by atoms with E-state index in [1.54, 1.807) is 41.3 Å². The molecule has 13 atom stereocenters. The maximum Gasteiger partial charge on any atom is 0.233 e. The molecule has 68 heavy (non-hydrogen) atoms. The Morgan fingerprint density at radius 1 is 0.706 bits per heavy atom. The minimum atomic E-state index is -4.19. The number of benzene rings is 4. The molecule has 3 fully saturated rings. The van der Waals surface area contributed by atoms with Gasteiger partial charge < -0.3 is 59.3 Å². The average molecular weight is 986 g/mol. The fraction of sp³-hybridized carbons (Fsp3) is 0.490. The summed E-state index contributed by atoms with van der Waals surface area (Å²) in [7, 11) is -6.50. The Balaban J connectivity index is 1.05. The summed E-state index contributed by atoms with van der Waals surface area (Å²) < 4.78 is 78.9. The second-order valence-corrected chi connectivity index (χ2v) is 26.1. The van der Waals surface area contributed by atoms with Crippen LogP contribution in [0.25, 0.3) is 11.1 Å². The summed E-state index contributed by atoms with van der Waals surface area (Å²) in [6.07, 6.45) is -16.1.